The van der Waals surface area contributed by atoms with Gasteiger partial charge in [-0.25, -0.2) is 4.98 Å². The van der Waals surface area contributed by atoms with Gasteiger partial charge in [0.1, 0.15) is 5.76 Å². The van der Waals surface area contributed by atoms with Gasteiger partial charge >= 0.3 is 0 Å². The Hall–Kier alpha value is -0.790. The first-order valence-electron chi connectivity index (χ1n) is 6.34. The van der Waals surface area contributed by atoms with E-state index in [2.05, 4.69) is 46.5 Å². The third-order valence-electron chi connectivity index (χ3n) is 2.91. The number of unbranched alkanes of at least 4 members (excludes halogenated alkanes) is 1. The lowest BCUT2D eigenvalue weighted by Crippen LogP contribution is -2.11. The molecule has 0 aromatic carbocycles. The van der Waals surface area contributed by atoms with Gasteiger partial charge in [-0.3, -0.25) is 0 Å². The molecule has 1 aromatic rings. The lowest BCUT2D eigenvalue weighted by molar-refractivity contribution is 0.356. The molecule has 1 aromatic heterocycles. The molecule has 2 nitrogen and oxygen atoms in total. The van der Waals surface area contributed by atoms with E-state index in [1.165, 1.54) is 19.3 Å². The largest absolute Gasteiger partial charge is 0.445 e. The first-order valence-corrected chi connectivity index (χ1v) is 6.34. The molecule has 2 heteroatoms. The van der Waals surface area contributed by atoms with Gasteiger partial charge in [-0.05, 0) is 13.3 Å². The predicted molar refractivity (Wildman–Crippen MR) is 67.9 cm³/mol. The highest BCUT2D eigenvalue weighted by Crippen LogP contribution is 2.30. The second-order valence-corrected chi connectivity index (χ2v) is 5.76. The van der Waals surface area contributed by atoms with Crippen LogP contribution in [-0.4, -0.2) is 4.98 Å². The zero-order chi connectivity index (χ0) is 12.3. The second-order valence-electron chi connectivity index (χ2n) is 5.76. The molecule has 0 amide bonds. The topological polar surface area (TPSA) is 26.0 Å². The van der Waals surface area contributed by atoms with Gasteiger partial charge in [0.05, 0.1) is 5.69 Å². The summed E-state index contributed by atoms with van der Waals surface area (Å²) < 4.78 is 5.93. The molecule has 0 N–H and O–H groups in total. The Balaban J connectivity index is 2.85. The van der Waals surface area contributed by atoms with Crippen molar-refractivity contribution in [2.75, 3.05) is 0 Å². The predicted octanol–water partition coefficient (Wildman–Crippen LogP) is 4.57. The van der Waals surface area contributed by atoms with Crippen LogP contribution in [0.3, 0.4) is 0 Å². The van der Waals surface area contributed by atoms with Crippen molar-refractivity contribution in [2.45, 2.75) is 72.1 Å². The number of aryl methyl sites for hydroxylation is 1. The Labute approximate surface area is 99.5 Å². The van der Waals surface area contributed by atoms with Crippen molar-refractivity contribution in [3.8, 4) is 0 Å². The van der Waals surface area contributed by atoms with Crippen molar-refractivity contribution in [3.05, 3.63) is 17.3 Å². The molecule has 0 fully saturated rings. The van der Waals surface area contributed by atoms with Crippen molar-refractivity contribution in [3.63, 3.8) is 0 Å². The summed E-state index contributed by atoms with van der Waals surface area (Å²) >= 11 is 0. The van der Waals surface area contributed by atoms with E-state index in [4.69, 9.17) is 4.42 Å². The number of hydrogen-bond donors (Lipinski definition) is 0. The summed E-state index contributed by atoms with van der Waals surface area (Å²) in [5.74, 6) is 2.44. The molecular weight excluding hydrogens is 198 g/mol. The molecule has 1 heterocycles. The molecule has 0 bridgehead atoms. The van der Waals surface area contributed by atoms with Crippen LogP contribution >= 0.6 is 0 Å². The molecule has 0 saturated heterocycles. The van der Waals surface area contributed by atoms with E-state index >= 15 is 0 Å². The fraction of sp³-hybridized carbons (Fsp3) is 0.786. The molecule has 0 radical (unpaired) electrons. The molecule has 1 atom stereocenters. The quantitative estimate of drug-likeness (QED) is 0.747. The molecule has 1 rings (SSSR count). The Kier molecular flexibility index (Phi) is 4.17. The smallest absolute Gasteiger partial charge is 0.200 e. The SMILES string of the molecule is CCCCC(C)c1oc(C(C)(C)C)nc1C. The van der Waals surface area contributed by atoms with Crippen LogP contribution in [0.2, 0.25) is 0 Å². The van der Waals surface area contributed by atoms with Gasteiger partial charge in [-0.15, -0.1) is 0 Å². The summed E-state index contributed by atoms with van der Waals surface area (Å²) in [5.41, 5.74) is 1.07. The highest BCUT2D eigenvalue weighted by atomic mass is 16.4. The summed E-state index contributed by atoms with van der Waals surface area (Å²) in [6.45, 7) is 12.9. The first-order chi connectivity index (χ1) is 7.36. The maximum Gasteiger partial charge on any atom is 0.200 e. The summed E-state index contributed by atoms with van der Waals surface area (Å²) in [6.07, 6.45) is 3.69. The molecule has 92 valence electrons. The van der Waals surface area contributed by atoms with E-state index in [-0.39, 0.29) is 5.41 Å². The zero-order valence-electron chi connectivity index (χ0n) is 11.6. The molecule has 0 aliphatic carbocycles. The Morgan fingerprint density at radius 2 is 1.94 bits per heavy atom. The van der Waals surface area contributed by atoms with Crippen molar-refractivity contribution in [1.29, 1.82) is 0 Å². The third kappa shape index (κ3) is 3.10. The van der Waals surface area contributed by atoms with Crippen LogP contribution in [0, 0.1) is 6.92 Å². The molecule has 0 saturated carbocycles. The highest BCUT2D eigenvalue weighted by Gasteiger charge is 2.24. The van der Waals surface area contributed by atoms with E-state index < -0.39 is 0 Å². The van der Waals surface area contributed by atoms with Crippen molar-refractivity contribution < 1.29 is 4.42 Å². The summed E-state index contributed by atoms with van der Waals surface area (Å²) in [6, 6.07) is 0. The number of rotatable bonds is 4. The molecule has 16 heavy (non-hydrogen) atoms. The van der Waals surface area contributed by atoms with Crippen LogP contribution in [0.4, 0.5) is 0 Å². The van der Waals surface area contributed by atoms with Crippen LogP contribution in [-0.2, 0) is 5.41 Å². The van der Waals surface area contributed by atoms with Crippen LogP contribution in [0.5, 0.6) is 0 Å². The minimum atomic E-state index is 0.00743. The van der Waals surface area contributed by atoms with Gasteiger partial charge in [-0.2, -0.15) is 0 Å². The number of hydrogen-bond acceptors (Lipinski definition) is 2. The van der Waals surface area contributed by atoms with Gasteiger partial charge in [0.2, 0.25) is 0 Å². The van der Waals surface area contributed by atoms with Gasteiger partial charge in [0, 0.05) is 11.3 Å². The highest BCUT2D eigenvalue weighted by molar-refractivity contribution is 5.15. The second kappa shape index (κ2) is 5.03. The van der Waals surface area contributed by atoms with E-state index in [9.17, 15) is 0 Å². The molecule has 0 spiro atoms. The Morgan fingerprint density at radius 3 is 2.38 bits per heavy atom. The van der Waals surface area contributed by atoms with Crippen LogP contribution in [0.15, 0.2) is 4.42 Å². The maximum absolute atomic E-state index is 5.93. The lowest BCUT2D eigenvalue weighted by atomic mass is 9.97. The fourth-order valence-electron chi connectivity index (χ4n) is 1.83. The summed E-state index contributed by atoms with van der Waals surface area (Å²) in [7, 11) is 0. The Morgan fingerprint density at radius 1 is 1.31 bits per heavy atom. The van der Waals surface area contributed by atoms with E-state index in [0.29, 0.717) is 5.92 Å². The minimum Gasteiger partial charge on any atom is -0.445 e. The normalized spacial score (nSPS) is 14.1. The standard InChI is InChI=1S/C14H25NO/c1-7-8-9-10(2)12-11(3)15-13(16-12)14(4,5)6/h10H,7-9H2,1-6H3. The molecule has 0 aliphatic rings. The van der Waals surface area contributed by atoms with E-state index in [1.54, 1.807) is 0 Å². The van der Waals surface area contributed by atoms with Crippen LogP contribution in [0.1, 0.15) is 77.1 Å². The summed E-state index contributed by atoms with van der Waals surface area (Å²) in [5, 5.41) is 0. The first kappa shape index (κ1) is 13.3. The van der Waals surface area contributed by atoms with E-state index in [0.717, 1.165) is 17.3 Å². The van der Waals surface area contributed by atoms with Gasteiger partial charge in [0.15, 0.2) is 5.89 Å². The monoisotopic (exact) mass is 223 g/mol. The average Bonchev–Trinajstić information content (AvgIpc) is 2.56. The van der Waals surface area contributed by atoms with Gasteiger partial charge in [0.25, 0.3) is 0 Å². The fourth-order valence-corrected chi connectivity index (χ4v) is 1.83. The average molecular weight is 223 g/mol. The summed E-state index contributed by atoms with van der Waals surface area (Å²) in [4.78, 5) is 4.54. The third-order valence-corrected chi connectivity index (χ3v) is 2.91. The number of oxazole rings is 1. The van der Waals surface area contributed by atoms with Gasteiger partial charge in [-0.1, -0.05) is 47.5 Å². The maximum atomic E-state index is 5.93. The van der Waals surface area contributed by atoms with Crippen molar-refractivity contribution in [1.82, 2.24) is 4.98 Å². The zero-order valence-corrected chi connectivity index (χ0v) is 11.6. The molecule has 1 unspecified atom stereocenters. The van der Waals surface area contributed by atoms with Crippen LogP contribution in [0.25, 0.3) is 0 Å². The van der Waals surface area contributed by atoms with Crippen molar-refractivity contribution in [2.24, 2.45) is 0 Å². The molecule has 0 aliphatic heterocycles. The number of aromatic nitrogens is 1. The Bertz CT molecular complexity index is 333. The lowest BCUT2D eigenvalue weighted by Gasteiger charge is -2.13. The van der Waals surface area contributed by atoms with Crippen molar-refractivity contribution >= 4 is 0 Å². The molecular formula is C14H25NO. The van der Waals surface area contributed by atoms with Gasteiger partial charge < -0.3 is 4.42 Å². The minimum absolute atomic E-state index is 0.00743. The number of nitrogens with zero attached hydrogens (tertiary/aromatic N) is 1. The van der Waals surface area contributed by atoms with E-state index in [1.807, 2.05) is 0 Å². The van der Waals surface area contributed by atoms with Crippen LogP contribution < -0.4 is 0 Å².